The maximum atomic E-state index is 12.7. The molecule has 0 aliphatic carbocycles. The summed E-state index contributed by atoms with van der Waals surface area (Å²) in [6.45, 7) is 5.54. The summed E-state index contributed by atoms with van der Waals surface area (Å²) < 4.78 is 13.5. The van der Waals surface area contributed by atoms with Crippen LogP contribution in [0.2, 0.25) is 0 Å². The van der Waals surface area contributed by atoms with Gasteiger partial charge in [0.15, 0.2) is 11.0 Å². The number of benzene rings is 2. The van der Waals surface area contributed by atoms with Crippen molar-refractivity contribution in [2.24, 2.45) is 5.41 Å². The Morgan fingerprint density at radius 3 is 2.36 bits per heavy atom. The molecular weight excluding hydrogens is 496 g/mol. The van der Waals surface area contributed by atoms with Crippen LogP contribution in [0.3, 0.4) is 0 Å². The summed E-state index contributed by atoms with van der Waals surface area (Å²) in [7, 11) is 0. The second-order valence-electron chi connectivity index (χ2n) is 11.0. The highest BCUT2D eigenvalue weighted by Crippen LogP contribution is 2.42. The smallest absolute Gasteiger partial charge is 0.341 e. The van der Waals surface area contributed by atoms with Crippen LogP contribution in [0.5, 0.6) is 0 Å². The first-order valence-electron chi connectivity index (χ1n) is 13.6. The van der Waals surface area contributed by atoms with Gasteiger partial charge in [-0.3, -0.25) is 4.79 Å². The van der Waals surface area contributed by atoms with Crippen LogP contribution < -0.4 is 15.2 Å². The van der Waals surface area contributed by atoms with Crippen LogP contribution in [-0.2, 0) is 4.74 Å². The van der Waals surface area contributed by atoms with E-state index >= 15 is 0 Å². The minimum atomic E-state index is -1.26. The zero-order valence-electron chi connectivity index (χ0n) is 21.6. The predicted octanol–water partition coefficient (Wildman–Crippen LogP) is 4.56. The highest BCUT2D eigenvalue weighted by Gasteiger charge is 2.45. The molecule has 3 aliphatic heterocycles. The number of aromatic nitrogens is 2. The summed E-state index contributed by atoms with van der Waals surface area (Å²) in [6.07, 6.45) is 5.91. The molecule has 0 atom stereocenters. The van der Waals surface area contributed by atoms with Crippen LogP contribution in [-0.4, -0.2) is 60.0 Å². The number of rotatable bonds is 5. The van der Waals surface area contributed by atoms with Gasteiger partial charge in [-0.1, -0.05) is 12.1 Å². The van der Waals surface area contributed by atoms with Gasteiger partial charge in [0.05, 0.1) is 5.69 Å². The molecule has 0 unspecified atom stereocenters. The molecule has 3 saturated heterocycles. The molecule has 200 valence electrons. The number of oxazole rings is 1. The summed E-state index contributed by atoms with van der Waals surface area (Å²) in [5, 5.41) is 9.67. The summed E-state index contributed by atoms with van der Waals surface area (Å²) in [5.41, 5.74) is 4.11. The Morgan fingerprint density at radius 1 is 0.923 bits per heavy atom. The number of carboxylic acids is 1. The van der Waals surface area contributed by atoms with E-state index in [4.69, 9.17) is 14.1 Å². The van der Waals surface area contributed by atoms with Crippen LogP contribution in [0.25, 0.3) is 28.0 Å². The van der Waals surface area contributed by atoms with Gasteiger partial charge in [-0.15, -0.1) is 0 Å². The summed E-state index contributed by atoms with van der Waals surface area (Å²) in [5.74, 6) is -1.26. The topological polar surface area (TPSA) is 101 Å². The van der Waals surface area contributed by atoms with Crippen LogP contribution in [0.15, 0.2) is 63.9 Å². The van der Waals surface area contributed by atoms with Gasteiger partial charge in [0, 0.05) is 74.5 Å². The molecule has 2 aromatic carbocycles. The number of hydrogen-bond acceptors (Lipinski definition) is 7. The molecule has 2 aromatic heterocycles. The van der Waals surface area contributed by atoms with Crippen molar-refractivity contribution in [2.45, 2.75) is 25.7 Å². The number of nitrogens with zero attached hydrogens (tertiary/aromatic N) is 4. The lowest BCUT2D eigenvalue weighted by Crippen LogP contribution is -2.58. The van der Waals surface area contributed by atoms with Crippen molar-refractivity contribution < 1.29 is 19.1 Å². The summed E-state index contributed by atoms with van der Waals surface area (Å²) >= 11 is 0. The SMILES string of the molecule is O=C(O)c1cn(-c2ccc3nc(N4CC5(CCOCC5)C4)oc3c2)c(-c2ccc(N3CCCC3)cc2)cc1=O. The van der Waals surface area contributed by atoms with Crippen molar-refractivity contribution in [3.05, 3.63) is 70.5 Å². The molecular formula is C30H30N4O5. The van der Waals surface area contributed by atoms with Gasteiger partial charge in [-0.25, -0.2) is 4.79 Å². The second kappa shape index (κ2) is 9.27. The van der Waals surface area contributed by atoms with Crippen LogP contribution in [0, 0.1) is 5.41 Å². The maximum Gasteiger partial charge on any atom is 0.341 e. The molecule has 0 radical (unpaired) electrons. The molecule has 0 bridgehead atoms. The minimum Gasteiger partial charge on any atom is -0.477 e. The Kier molecular flexibility index (Phi) is 5.70. The fraction of sp³-hybridized carbons (Fsp3) is 0.367. The predicted molar refractivity (Wildman–Crippen MR) is 148 cm³/mol. The number of hydrogen-bond donors (Lipinski definition) is 1. The molecule has 1 N–H and O–H groups in total. The number of carbonyl (C=O) groups is 1. The van der Waals surface area contributed by atoms with E-state index in [1.54, 1.807) is 4.57 Å². The Morgan fingerprint density at radius 2 is 1.64 bits per heavy atom. The quantitative estimate of drug-likeness (QED) is 0.404. The lowest BCUT2D eigenvalue weighted by Gasteiger charge is -2.51. The zero-order valence-corrected chi connectivity index (χ0v) is 21.6. The average molecular weight is 527 g/mol. The second-order valence-corrected chi connectivity index (χ2v) is 11.0. The van der Waals surface area contributed by atoms with Crippen molar-refractivity contribution >= 4 is 28.8 Å². The Labute approximate surface area is 225 Å². The summed E-state index contributed by atoms with van der Waals surface area (Å²) in [6, 6.07) is 15.7. The minimum absolute atomic E-state index is 0.284. The van der Waals surface area contributed by atoms with E-state index in [2.05, 4.69) is 21.9 Å². The van der Waals surface area contributed by atoms with Crippen molar-refractivity contribution in [2.75, 3.05) is 49.2 Å². The van der Waals surface area contributed by atoms with Crippen molar-refractivity contribution in [1.29, 1.82) is 0 Å². The van der Waals surface area contributed by atoms with Crippen molar-refractivity contribution in [1.82, 2.24) is 9.55 Å². The van der Waals surface area contributed by atoms with Crippen molar-refractivity contribution in [3.63, 3.8) is 0 Å². The highest BCUT2D eigenvalue weighted by molar-refractivity contribution is 5.88. The molecule has 4 aromatic rings. The molecule has 9 heteroatoms. The van der Waals surface area contributed by atoms with E-state index in [-0.39, 0.29) is 5.56 Å². The molecule has 5 heterocycles. The van der Waals surface area contributed by atoms with Gasteiger partial charge in [0.2, 0.25) is 0 Å². The van der Waals surface area contributed by atoms with E-state index in [1.807, 2.05) is 30.3 Å². The monoisotopic (exact) mass is 526 g/mol. The van der Waals surface area contributed by atoms with Gasteiger partial charge in [0.1, 0.15) is 11.1 Å². The largest absolute Gasteiger partial charge is 0.477 e. The normalized spacial score (nSPS) is 18.6. The first kappa shape index (κ1) is 24.0. The highest BCUT2D eigenvalue weighted by atomic mass is 16.5. The van der Waals surface area contributed by atoms with E-state index < -0.39 is 11.4 Å². The Balaban J connectivity index is 1.24. The molecule has 0 amide bonds. The van der Waals surface area contributed by atoms with Gasteiger partial charge in [-0.05, 0) is 55.5 Å². The van der Waals surface area contributed by atoms with Crippen LogP contribution in [0.4, 0.5) is 11.7 Å². The maximum absolute atomic E-state index is 12.7. The fourth-order valence-corrected chi connectivity index (χ4v) is 6.15. The first-order valence-corrected chi connectivity index (χ1v) is 13.6. The van der Waals surface area contributed by atoms with E-state index in [9.17, 15) is 14.7 Å². The van der Waals surface area contributed by atoms with Crippen LogP contribution >= 0.6 is 0 Å². The zero-order chi connectivity index (χ0) is 26.6. The van der Waals surface area contributed by atoms with Crippen molar-refractivity contribution in [3.8, 4) is 16.9 Å². The average Bonchev–Trinajstić information content (AvgIpc) is 3.62. The number of pyridine rings is 1. The lowest BCUT2D eigenvalue weighted by atomic mass is 9.74. The van der Waals surface area contributed by atoms with Gasteiger partial charge in [0.25, 0.3) is 6.01 Å². The molecule has 9 nitrogen and oxygen atoms in total. The number of aromatic carboxylic acids is 1. The third-order valence-electron chi connectivity index (χ3n) is 8.43. The standard InChI is InChI=1S/C30H30N4O5/c35-26-16-25(20-3-5-21(6-4-20)32-11-1-2-12-32)34(17-23(26)28(36)37)22-7-8-24-27(15-22)39-29(31-24)33-18-30(19-33)9-13-38-14-10-30/h3-8,15-17H,1-2,9-14,18-19H2,(H,36,37). The van der Waals surface area contributed by atoms with E-state index in [1.165, 1.54) is 25.1 Å². The van der Waals surface area contributed by atoms with Gasteiger partial charge < -0.3 is 28.6 Å². The number of fused-ring (bicyclic) bond motifs is 1. The van der Waals surface area contributed by atoms with Gasteiger partial charge >= 0.3 is 5.97 Å². The Bertz CT molecular complexity index is 1600. The third kappa shape index (κ3) is 4.27. The third-order valence-corrected chi connectivity index (χ3v) is 8.43. The molecule has 0 saturated carbocycles. The van der Waals surface area contributed by atoms with Crippen LogP contribution in [0.1, 0.15) is 36.0 Å². The molecule has 39 heavy (non-hydrogen) atoms. The molecule has 3 fully saturated rings. The molecule has 7 rings (SSSR count). The van der Waals surface area contributed by atoms with E-state index in [0.717, 1.165) is 69.0 Å². The number of ether oxygens (including phenoxy) is 1. The lowest BCUT2D eigenvalue weighted by molar-refractivity contribution is -0.00173. The number of anilines is 2. The number of carboxylic acid groups (broad SMARTS) is 1. The molecule has 1 spiro atoms. The Hall–Kier alpha value is -4.11. The summed E-state index contributed by atoms with van der Waals surface area (Å²) in [4.78, 5) is 33.8. The van der Waals surface area contributed by atoms with Gasteiger partial charge in [-0.2, -0.15) is 4.98 Å². The molecule has 3 aliphatic rings. The first-order chi connectivity index (χ1) is 19.0. The van der Waals surface area contributed by atoms with E-state index in [0.29, 0.717) is 28.4 Å². The fourth-order valence-electron chi connectivity index (χ4n) is 6.15.